The highest BCUT2D eigenvalue weighted by Gasteiger charge is 2.41. The summed E-state index contributed by atoms with van der Waals surface area (Å²) in [5, 5.41) is 6.09. The van der Waals surface area contributed by atoms with Gasteiger partial charge in [0, 0.05) is 12.1 Å². The van der Waals surface area contributed by atoms with Crippen molar-refractivity contribution in [1.82, 2.24) is 5.32 Å². The molecule has 1 unspecified atom stereocenters. The second-order valence-corrected chi connectivity index (χ2v) is 8.13. The number of anilines is 1. The van der Waals surface area contributed by atoms with E-state index in [0.717, 1.165) is 11.3 Å². The molecule has 0 aliphatic carbocycles. The number of hydrogen-bond acceptors (Lipinski definition) is 4. The predicted molar refractivity (Wildman–Crippen MR) is 77.4 cm³/mol. The molecular formula is C14H18N2O3S. The van der Waals surface area contributed by atoms with Gasteiger partial charge in [0.1, 0.15) is 6.04 Å². The van der Waals surface area contributed by atoms with Crippen molar-refractivity contribution in [3.05, 3.63) is 29.8 Å². The summed E-state index contributed by atoms with van der Waals surface area (Å²) in [7, 11) is -3.01. The minimum Gasteiger partial charge on any atom is -0.373 e. The highest BCUT2D eigenvalue weighted by Crippen LogP contribution is 2.27. The van der Waals surface area contributed by atoms with Crippen molar-refractivity contribution < 1.29 is 13.2 Å². The van der Waals surface area contributed by atoms with Gasteiger partial charge in [-0.05, 0) is 25.0 Å². The van der Waals surface area contributed by atoms with Crippen LogP contribution in [0.1, 0.15) is 18.9 Å². The lowest BCUT2D eigenvalue weighted by molar-refractivity contribution is -0.123. The summed E-state index contributed by atoms with van der Waals surface area (Å²) in [6.45, 7) is 1.80. The third-order valence-electron chi connectivity index (χ3n) is 4.02. The Labute approximate surface area is 118 Å². The molecule has 1 amide bonds. The van der Waals surface area contributed by atoms with Gasteiger partial charge in [-0.25, -0.2) is 8.42 Å². The fourth-order valence-corrected chi connectivity index (χ4v) is 5.04. The standard InChI is InChI=1S/C14H18N2O3S/c1-14(6-7-20(18,19)9-14)16-13(17)12-8-10-4-2-3-5-11(10)15-12/h2-5,12,15H,6-9H2,1H3,(H,16,17)/t12-,14?/m0/s1. The molecule has 3 rings (SSSR count). The molecule has 2 atom stereocenters. The van der Waals surface area contributed by atoms with Crippen LogP contribution >= 0.6 is 0 Å². The molecule has 0 saturated carbocycles. The summed E-state index contributed by atoms with van der Waals surface area (Å²) in [5.74, 6) is 0.0637. The van der Waals surface area contributed by atoms with E-state index in [4.69, 9.17) is 0 Å². The molecule has 2 aliphatic heterocycles. The zero-order chi connectivity index (χ0) is 14.4. The van der Waals surface area contributed by atoms with Crippen molar-refractivity contribution in [3.8, 4) is 0 Å². The van der Waals surface area contributed by atoms with Gasteiger partial charge in [0.2, 0.25) is 5.91 Å². The number of carbonyl (C=O) groups excluding carboxylic acids is 1. The highest BCUT2D eigenvalue weighted by molar-refractivity contribution is 7.91. The van der Waals surface area contributed by atoms with Crippen LogP contribution in [0.25, 0.3) is 0 Å². The number of hydrogen-bond donors (Lipinski definition) is 2. The molecule has 20 heavy (non-hydrogen) atoms. The first-order valence-corrected chi connectivity index (χ1v) is 8.56. The van der Waals surface area contributed by atoms with Gasteiger partial charge in [0.25, 0.3) is 0 Å². The van der Waals surface area contributed by atoms with Crippen LogP contribution in [0.3, 0.4) is 0 Å². The van der Waals surface area contributed by atoms with E-state index in [1.807, 2.05) is 24.3 Å². The number of benzene rings is 1. The maximum Gasteiger partial charge on any atom is 0.243 e. The van der Waals surface area contributed by atoms with Crippen LogP contribution in [-0.4, -0.2) is 37.4 Å². The Morgan fingerprint density at radius 1 is 1.40 bits per heavy atom. The molecule has 0 radical (unpaired) electrons. The molecule has 2 heterocycles. The van der Waals surface area contributed by atoms with Crippen molar-refractivity contribution >= 4 is 21.4 Å². The van der Waals surface area contributed by atoms with Gasteiger partial charge in [-0.2, -0.15) is 0 Å². The van der Waals surface area contributed by atoms with Crippen LogP contribution in [0.2, 0.25) is 0 Å². The van der Waals surface area contributed by atoms with Gasteiger partial charge >= 0.3 is 0 Å². The lowest BCUT2D eigenvalue weighted by atomic mass is 10.0. The Morgan fingerprint density at radius 2 is 2.15 bits per heavy atom. The Hall–Kier alpha value is -1.56. The molecule has 108 valence electrons. The number of sulfone groups is 1. The lowest BCUT2D eigenvalue weighted by Crippen LogP contribution is -2.52. The van der Waals surface area contributed by atoms with Gasteiger partial charge < -0.3 is 10.6 Å². The maximum atomic E-state index is 12.3. The molecular weight excluding hydrogens is 276 g/mol. The van der Waals surface area contributed by atoms with Gasteiger partial charge in [0.05, 0.1) is 17.0 Å². The van der Waals surface area contributed by atoms with Crippen LogP contribution in [0.4, 0.5) is 5.69 Å². The Balaban J connectivity index is 1.67. The van der Waals surface area contributed by atoms with Crippen LogP contribution in [0.15, 0.2) is 24.3 Å². The van der Waals surface area contributed by atoms with E-state index in [1.54, 1.807) is 6.92 Å². The average molecular weight is 294 g/mol. The fourth-order valence-electron chi connectivity index (χ4n) is 2.95. The topological polar surface area (TPSA) is 75.3 Å². The Bertz CT molecular complexity index is 631. The summed E-state index contributed by atoms with van der Waals surface area (Å²) < 4.78 is 23.1. The lowest BCUT2D eigenvalue weighted by Gasteiger charge is -2.26. The number of nitrogens with one attached hydrogen (secondary N) is 2. The Kier molecular flexibility index (Phi) is 3.01. The second kappa shape index (κ2) is 4.48. The minimum absolute atomic E-state index is 0.0331. The summed E-state index contributed by atoms with van der Waals surface area (Å²) in [6, 6.07) is 7.51. The molecule has 1 aromatic carbocycles. The molecule has 0 spiro atoms. The van der Waals surface area contributed by atoms with Gasteiger partial charge in [0.15, 0.2) is 9.84 Å². The third-order valence-corrected chi connectivity index (χ3v) is 5.92. The molecule has 1 saturated heterocycles. The monoisotopic (exact) mass is 294 g/mol. The molecule has 2 aliphatic rings. The first-order valence-electron chi connectivity index (χ1n) is 6.74. The fraction of sp³-hybridized carbons (Fsp3) is 0.500. The smallest absolute Gasteiger partial charge is 0.243 e. The molecule has 2 N–H and O–H groups in total. The number of amides is 1. The predicted octanol–water partition coefficient (Wildman–Crippen LogP) is 0.717. The summed E-state index contributed by atoms with van der Waals surface area (Å²) >= 11 is 0. The zero-order valence-electron chi connectivity index (χ0n) is 11.3. The van der Waals surface area contributed by atoms with Gasteiger partial charge in [-0.3, -0.25) is 4.79 Å². The van der Waals surface area contributed by atoms with E-state index < -0.39 is 15.4 Å². The highest BCUT2D eigenvalue weighted by atomic mass is 32.2. The largest absolute Gasteiger partial charge is 0.373 e. The van der Waals surface area contributed by atoms with Gasteiger partial charge in [-0.15, -0.1) is 0 Å². The number of para-hydroxylation sites is 1. The van der Waals surface area contributed by atoms with Crippen molar-refractivity contribution in [1.29, 1.82) is 0 Å². The molecule has 0 aromatic heterocycles. The van der Waals surface area contributed by atoms with E-state index >= 15 is 0 Å². The molecule has 1 aromatic rings. The number of fused-ring (bicyclic) bond motifs is 1. The summed E-state index contributed by atoms with van der Waals surface area (Å²) in [5.41, 5.74) is 1.47. The first kappa shape index (κ1) is 13.4. The third kappa shape index (κ3) is 2.52. The van der Waals surface area contributed by atoms with Gasteiger partial charge in [-0.1, -0.05) is 18.2 Å². The van der Waals surface area contributed by atoms with Crippen molar-refractivity contribution in [2.24, 2.45) is 0 Å². The number of rotatable bonds is 2. The van der Waals surface area contributed by atoms with E-state index in [2.05, 4.69) is 10.6 Å². The maximum absolute atomic E-state index is 12.3. The second-order valence-electron chi connectivity index (χ2n) is 5.95. The van der Waals surface area contributed by atoms with E-state index in [0.29, 0.717) is 12.8 Å². The van der Waals surface area contributed by atoms with E-state index in [9.17, 15) is 13.2 Å². The first-order chi connectivity index (χ1) is 9.37. The molecule has 1 fully saturated rings. The van der Waals surface area contributed by atoms with Crippen LogP contribution in [0.5, 0.6) is 0 Å². The zero-order valence-corrected chi connectivity index (χ0v) is 12.2. The summed E-state index contributed by atoms with van der Waals surface area (Å²) in [4.78, 5) is 12.3. The quantitative estimate of drug-likeness (QED) is 0.842. The van der Waals surface area contributed by atoms with Crippen LogP contribution < -0.4 is 10.6 Å². The van der Waals surface area contributed by atoms with Crippen molar-refractivity contribution in [2.75, 3.05) is 16.8 Å². The van der Waals surface area contributed by atoms with E-state index in [-0.39, 0.29) is 23.5 Å². The average Bonchev–Trinajstić information content (AvgIpc) is 2.90. The number of carbonyl (C=O) groups is 1. The molecule has 5 nitrogen and oxygen atoms in total. The summed E-state index contributed by atoms with van der Waals surface area (Å²) in [6.07, 6.45) is 1.13. The van der Waals surface area contributed by atoms with Crippen molar-refractivity contribution in [2.45, 2.75) is 31.3 Å². The minimum atomic E-state index is -3.01. The van der Waals surface area contributed by atoms with E-state index in [1.165, 1.54) is 0 Å². The molecule has 6 heteroatoms. The van der Waals surface area contributed by atoms with Crippen LogP contribution in [0, 0.1) is 0 Å². The van der Waals surface area contributed by atoms with Crippen LogP contribution in [-0.2, 0) is 21.1 Å². The molecule has 0 bridgehead atoms. The Morgan fingerprint density at radius 3 is 2.80 bits per heavy atom. The SMILES string of the molecule is CC1(NC(=O)[C@@H]2Cc3ccccc3N2)CCS(=O)(=O)C1. The normalized spacial score (nSPS) is 30.6. The van der Waals surface area contributed by atoms with Crippen molar-refractivity contribution in [3.63, 3.8) is 0 Å².